The highest BCUT2D eigenvalue weighted by Gasteiger charge is 2.21. The molecule has 25 heavy (non-hydrogen) atoms. The average molecular weight is 339 g/mol. The van der Waals surface area contributed by atoms with E-state index in [2.05, 4.69) is 24.4 Å². The number of hydrogen-bond acceptors (Lipinski definition) is 3. The number of nitrogens with one attached hydrogen (secondary N) is 1. The molecule has 1 N–H and O–H groups in total. The van der Waals surface area contributed by atoms with E-state index in [-0.39, 0.29) is 18.1 Å². The van der Waals surface area contributed by atoms with E-state index in [0.29, 0.717) is 19.4 Å². The summed E-state index contributed by atoms with van der Waals surface area (Å²) in [6, 6.07) is 18.1. The van der Waals surface area contributed by atoms with Gasteiger partial charge in [0.05, 0.1) is 0 Å². The molecule has 4 nitrogen and oxygen atoms in total. The normalized spacial score (nSPS) is 16.9. The number of aryl methyl sites for hydroxylation is 1. The number of carbonyl (C=O) groups is 1. The van der Waals surface area contributed by atoms with Crippen molar-refractivity contribution in [1.29, 1.82) is 0 Å². The van der Waals surface area contributed by atoms with Crippen LogP contribution in [0.15, 0.2) is 54.6 Å². The Hall–Kier alpha value is -2.49. The summed E-state index contributed by atoms with van der Waals surface area (Å²) in [5.74, 6) is 1.61. The van der Waals surface area contributed by atoms with Crippen LogP contribution in [0.3, 0.4) is 0 Å². The first-order valence-corrected chi connectivity index (χ1v) is 8.92. The highest BCUT2D eigenvalue weighted by molar-refractivity contribution is 5.76. The molecule has 1 heterocycles. The van der Waals surface area contributed by atoms with Crippen molar-refractivity contribution in [2.24, 2.45) is 0 Å². The van der Waals surface area contributed by atoms with Gasteiger partial charge in [0.25, 0.3) is 0 Å². The lowest BCUT2D eigenvalue weighted by molar-refractivity contribution is -0.122. The minimum atomic E-state index is -0.0692. The molecule has 0 aromatic heterocycles. The number of carbonyl (C=O) groups excluding carboxylic acids is 1. The van der Waals surface area contributed by atoms with Crippen molar-refractivity contribution in [3.63, 3.8) is 0 Å². The number of para-hydroxylation sites is 2. The maximum atomic E-state index is 12.1. The third kappa shape index (κ3) is 5.24. The third-order valence-corrected chi connectivity index (χ3v) is 4.38. The second kappa shape index (κ2) is 8.56. The number of fused-ring (bicyclic) bond motifs is 1. The van der Waals surface area contributed by atoms with E-state index in [1.807, 2.05) is 42.5 Å². The largest absolute Gasteiger partial charge is 0.486 e. The highest BCUT2D eigenvalue weighted by Crippen LogP contribution is 2.31. The van der Waals surface area contributed by atoms with E-state index in [0.717, 1.165) is 24.3 Å². The van der Waals surface area contributed by atoms with Crippen LogP contribution in [0.1, 0.15) is 31.7 Å². The Kier molecular flexibility index (Phi) is 5.94. The van der Waals surface area contributed by atoms with Gasteiger partial charge in [-0.3, -0.25) is 4.79 Å². The molecular formula is C21H25NO3. The Morgan fingerprint density at radius 3 is 2.64 bits per heavy atom. The predicted octanol–water partition coefficient (Wildman–Crippen LogP) is 3.74. The molecule has 2 atom stereocenters. The van der Waals surface area contributed by atoms with Gasteiger partial charge in [-0.2, -0.15) is 0 Å². The Balaban J connectivity index is 1.37. The van der Waals surface area contributed by atoms with Crippen LogP contribution in [-0.4, -0.2) is 24.7 Å². The quantitative estimate of drug-likeness (QED) is 0.836. The van der Waals surface area contributed by atoms with Crippen LogP contribution in [0.4, 0.5) is 0 Å². The molecule has 0 saturated heterocycles. The van der Waals surface area contributed by atoms with Crippen LogP contribution in [0.2, 0.25) is 0 Å². The van der Waals surface area contributed by atoms with Gasteiger partial charge in [0.2, 0.25) is 5.91 Å². The molecular weight excluding hydrogens is 314 g/mol. The van der Waals surface area contributed by atoms with Crippen LogP contribution in [0.25, 0.3) is 0 Å². The lowest BCUT2D eigenvalue weighted by Crippen LogP contribution is -2.35. The summed E-state index contributed by atoms with van der Waals surface area (Å²) in [5.41, 5.74) is 1.30. The smallest absolute Gasteiger partial charge is 0.220 e. The van der Waals surface area contributed by atoms with Crippen LogP contribution in [-0.2, 0) is 11.2 Å². The highest BCUT2D eigenvalue weighted by atomic mass is 16.6. The molecule has 1 aliphatic heterocycles. The Morgan fingerprint density at radius 2 is 1.84 bits per heavy atom. The maximum absolute atomic E-state index is 12.1. The topological polar surface area (TPSA) is 47.6 Å². The van der Waals surface area contributed by atoms with Crippen molar-refractivity contribution in [1.82, 2.24) is 5.32 Å². The SMILES string of the molecule is CC(CCc1ccccc1)NC(=O)CCC1COc2ccccc2O1. The summed E-state index contributed by atoms with van der Waals surface area (Å²) in [7, 11) is 0. The Morgan fingerprint density at radius 1 is 1.12 bits per heavy atom. The Bertz CT molecular complexity index is 687. The number of rotatable bonds is 7. The minimum Gasteiger partial charge on any atom is -0.486 e. The summed E-state index contributed by atoms with van der Waals surface area (Å²) < 4.78 is 11.6. The van der Waals surface area contributed by atoms with Crippen molar-refractivity contribution in [3.05, 3.63) is 60.2 Å². The lowest BCUT2D eigenvalue weighted by atomic mass is 10.1. The van der Waals surface area contributed by atoms with Crippen molar-refractivity contribution in [2.45, 2.75) is 44.8 Å². The summed E-state index contributed by atoms with van der Waals surface area (Å²) in [6.45, 7) is 2.55. The van der Waals surface area contributed by atoms with Gasteiger partial charge in [-0.25, -0.2) is 0 Å². The van der Waals surface area contributed by atoms with E-state index in [1.165, 1.54) is 5.56 Å². The first-order chi connectivity index (χ1) is 12.2. The molecule has 132 valence electrons. The van der Waals surface area contributed by atoms with Crippen molar-refractivity contribution in [3.8, 4) is 11.5 Å². The zero-order valence-corrected chi connectivity index (χ0v) is 14.6. The molecule has 0 radical (unpaired) electrons. The molecule has 1 amide bonds. The molecule has 1 aliphatic rings. The van der Waals surface area contributed by atoms with Crippen molar-refractivity contribution >= 4 is 5.91 Å². The van der Waals surface area contributed by atoms with Gasteiger partial charge in [-0.15, -0.1) is 0 Å². The molecule has 2 aromatic rings. The van der Waals surface area contributed by atoms with E-state index >= 15 is 0 Å². The fourth-order valence-corrected chi connectivity index (χ4v) is 2.94. The van der Waals surface area contributed by atoms with E-state index in [4.69, 9.17) is 9.47 Å². The summed E-state index contributed by atoms with van der Waals surface area (Å²) in [5, 5.41) is 3.07. The fourth-order valence-electron chi connectivity index (χ4n) is 2.94. The van der Waals surface area contributed by atoms with Gasteiger partial charge >= 0.3 is 0 Å². The molecule has 0 bridgehead atoms. The maximum Gasteiger partial charge on any atom is 0.220 e. The molecule has 0 aliphatic carbocycles. The lowest BCUT2D eigenvalue weighted by Gasteiger charge is -2.26. The van der Waals surface area contributed by atoms with Crippen LogP contribution < -0.4 is 14.8 Å². The van der Waals surface area contributed by atoms with Crippen molar-refractivity contribution < 1.29 is 14.3 Å². The van der Waals surface area contributed by atoms with Crippen LogP contribution in [0, 0.1) is 0 Å². The van der Waals surface area contributed by atoms with E-state index < -0.39 is 0 Å². The van der Waals surface area contributed by atoms with Gasteiger partial charge < -0.3 is 14.8 Å². The molecule has 3 rings (SSSR count). The van der Waals surface area contributed by atoms with Gasteiger partial charge in [-0.05, 0) is 43.9 Å². The molecule has 4 heteroatoms. The zero-order chi connectivity index (χ0) is 17.5. The van der Waals surface area contributed by atoms with Gasteiger partial charge in [0, 0.05) is 12.5 Å². The Labute approximate surface area is 149 Å². The van der Waals surface area contributed by atoms with Gasteiger partial charge in [-0.1, -0.05) is 42.5 Å². The number of benzene rings is 2. The minimum absolute atomic E-state index is 0.0692. The monoisotopic (exact) mass is 339 g/mol. The zero-order valence-electron chi connectivity index (χ0n) is 14.6. The number of hydrogen-bond donors (Lipinski definition) is 1. The second-order valence-electron chi connectivity index (χ2n) is 6.53. The van der Waals surface area contributed by atoms with Gasteiger partial charge in [0.1, 0.15) is 12.7 Å². The van der Waals surface area contributed by atoms with Crippen LogP contribution >= 0.6 is 0 Å². The third-order valence-electron chi connectivity index (χ3n) is 4.38. The van der Waals surface area contributed by atoms with E-state index in [9.17, 15) is 4.79 Å². The molecule has 0 fully saturated rings. The molecule has 0 saturated carbocycles. The summed E-state index contributed by atoms with van der Waals surface area (Å²) >= 11 is 0. The summed E-state index contributed by atoms with van der Waals surface area (Å²) in [4.78, 5) is 12.1. The van der Waals surface area contributed by atoms with Crippen LogP contribution in [0.5, 0.6) is 11.5 Å². The summed E-state index contributed by atoms with van der Waals surface area (Å²) in [6.07, 6.45) is 2.95. The second-order valence-corrected chi connectivity index (χ2v) is 6.53. The molecule has 0 spiro atoms. The van der Waals surface area contributed by atoms with E-state index in [1.54, 1.807) is 0 Å². The molecule has 2 unspecified atom stereocenters. The first kappa shape index (κ1) is 17.3. The first-order valence-electron chi connectivity index (χ1n) is 8.92. The number of ether oxygens (including phenoxy) is 2. The predicted molar refractivity (Wildman–Crippen MR) is 98.0 cm³/mol. The fraction of sp³-hybridized carbons (Fsp3) is 0.381. The number of amides is 1. The molecule has 2 aromatic carbocycles. The average Bonchev–Trinajstić information content (AvgIpc) is 2.65. The van der Waals surface area contributed by atoms with Crippen molar-refractivity contribution in [2.75, 3.05) is 6.61 Å². The standard InChI is InChI=1S/C21H25NO3/c1-16(11-12-17-7-3-2-4-8-17)22-21(23)14-13-18-15-24-19-9-5-6-10-20(19)25-18/h2-10,16,18H,11-15H2,1H3,(H,22,23). The van der Waals surface area contributed by atoms with Gasteiger partial charge in [0.15, 0.2) is 11.5 Å².